The van der Waals surface area contributed by atoms with Crippen molar-refractivity contribution in [2.24, 2.45) is 5.92 Å². The van der Waals surface area contributed by atoms with Gasteiger partial charge in [-0.1, -0.05) is 19.3 Å². The van der Waals surface area contributed by atoms with E-state index >= 15 is 0 Å². The second-order valence-corrected chi connectivity index (χ2v) is 7.45. The molecule has 0 unspecified atom stereocenters. The smallest absolute Gasteiger partial charge is 0.254 e. The predicted octanol–water partition coefficient (Wildman–Crippen LogP) is 2.67. The first kappa shape index (κ1) is 17.2. The van der Waals surface area contributed by atoms with Gasteiger partial charge in [-0.05, 0) is 37.0 Å². The van der Waals surface area contributed by atoms with Crippen molar-refractivity contribution in [1.29, 1.82) is 0 Å². The number of carbonyl (C=O) groups is 2. The predicted molar refractivity (Wildman–Crippen MR) is 96.2 cm³/mol. The summed E-state index contributed by atoms with van der Waals surface area (Å²) in [6.07, 6.45) is 6.88. The Balaban J connectivity index is 1.30. The third-order valence-corrected chi connectivity index (χ3v) is 5.73. The first-order chi connectivity index (χ1) is 12.7. The van der Waals surface area contributed by atoms with Gasteiger partial charge in [0, 0.05) is 38.2 Å². The molecule has 1 aromatic carbocycles. The van der Waals surface area contributed by atoms with E-state index in [9.17, 15) is 9.59 Å². The van der Waals surface area contributed by atoms with E-state index < -0.39 is 0 Å². The van der Waals surface area contributed by atoms with E-state index in [4.69, 9.17) is 9.47 Å². The highest BCUT2D eigenvalue weighted by molar-refractivity contribution is 5.95. The number of hydrogen-bond donors (Lipinski definition) is 0. The Labute approximate surface area is 154 Å². The van der Waals surface area contributed by atoms with Crippen LogP contribution in [-0.2, 0) is 4.79 Å². The highest BCUT2D eigenvalue weighted by Crippen LogP contribution is 2.33. The molecule has 2 fully saturated rings. The van der Waals surface area contributed by atoms with Crippen LogP contribution in [0.3, 0.4) is 0 Å². The maximum atomic E-state index is 12.7. The molecule has 6 heteroatoms. The van der Waals surface area contributed by atoms with Crippen LogP contribution in [0.5, 0.6) is 11.5 Å². The molecule has 2 aliphatic heterocycles. The Hall–Kier alpha value is -2.24. The van der Waals surface area contributed by atoms with Crippen LogP contribution in [0.15, 0.2) is 18.2 Å². The van der Waals surface area contributed by atoms with Crippen molar-refractivity contribution >= 4 is 11.8 Å². The zero-order chi connectivity index (χ0) is 17.9. The zero-order valence-corrected chi connectivity index (χ0v) is 15.1. The van der Waals surface area contributed by atoms with E-state index in [0.29, 0.717) is 55.6 Å². The standard InChI is InChI=1S/C20H26N2O4/c23-19(12-15-4-2-1-3-5-15)21-8-10-22(11-9-21)20(24)16-6-7-17-18(13-16)26-14-25-17/h6-7,13,15H,1-5,8-12,14H2. The molecule has 1 aromatic rings. The third-order valence-electron chi connectivity index (χ3n) is 5.73. The molecule has 6 nitrogen and oxygen atoms in total. The molecule has 3 aliphatic rings. The summed E-state index contributed by atoms with van der Waals surface area (Å²) >= 11 is 0. The van der Waals surface area contributed by atoms with Gasteiger partial charge in [0.25, 0.3) is 5.91 Å². The minimum absolute atomic E-state index is 0.0114. The number of amides is 2. The molecule has 1 saturated heterocycles. The first-order valence-electron chi connectivity index (χ1n) is 9.67. The van der Waals surface area contributed by atoms with Gasteiger partial charge in [-0.2, -0.15) is 0 Å². The molecule has 0 radical (unpaired) electrons. The van der Waals surface area contributed by atoms with Crippen LogP contribution in [0.1, 0.15) is 48.9 Å². The number of fused-ring (bicyclic) bond motifs is 1. The molecule has 0 N–H and O–H groups in total. The van der Waals surface area contributed by atoms with Gasteiger partial charge in [-0.15, -0.1) is 0 Å². The van der Waals surface area contributed by atoms with Crippen molar-refractivity contribution < 1.29 is 19.1 Å². The van der Waals surface area contributed by atoms with Crippen molar-refractivity contribution in [2.75, 3.05) is 33.0 Å². The molecule has 4 rings (SSSR count). The lowest BCUT2D eigenvalue weighted by Gasteiger charge is -2.35. The van der Waals surface area contributed by atoms with Crippen LogP contribution in [0.2, 0.25) is 0 Å². The molecule has 2 heterocycles. The second kappa shape index (κ2) is 7.56. The number of nitrogens with zero attached hydrogens (tertiary/aromatic N) is 2. The monoisotopic (exact) mass is 358 g/mol. The Morgan fingerprint density at radius 1 is 0.923 bits per heavy atom. The van der Waals surface area contributed by atoms with Crippen molar-refractivity contribution in [1.82, 2.24) is 9.80 Å². The topological polar surface area (TPSA) is 59.1 Å². The average Bonchev–Trinajstić information content (AvgIpc) is 3.16. The van der Waals surface area contributed by atoms with E-state index in [1.165, 1.54) is 32.1 Å². The Bertz CT molecular complexity index is 676. The molecule has 0 spiro atoms. The summed E-state index contributed by atoms with van der Waals surface area (Å²) in [4.78, 5) is 29.0. The summed E-state index contributed by atoms with van der Waals surface area (Å²) < 4.78 is 10.6. The maximum Gasteiger partial charge on any atom is 0.254 e. The van der Waals surface area contributed by atoms with E-state index in [1.807, 2.05) is 9.80 Å². The summed E-state index contributed by atoms with van der Waals surface area (Å²) in [6, 6.07) is 5.29. The first-order valence-corrected chi connectivity index (χ1v) is 9.67. The molecule has 0 atom stereocenters. The fraction of sp³-hybridized carbons (Fsp3) is 0.600. The summed E-state index contributed by atoms with van der Waals surface area (Å²) in [5, 5.41) is 0. The fourth-order valence-electron chi connectivity index (χ4n) is 4.14. The van der Waals surface area contributed by atoms with Crippen molar-refractivity contribution in [3.8, 4) is 11.5 Å². The van der Waals surface area contributed by atoms with Gasteiger partial charge in [0.2, 0.25) is 12.7 Å². The van der Waals surface area contributed by atoms with Crippen molar-refractivity contribution in [3.05, 3.63) is 23.8 Å². The Kier molecular flexibility index (Phi) is 5.00. The van der Waals surface area contributed by atoms with Crippen LogP contribution in [-0.4, -0.2) is 54.6 Å². The van der Waals surface area contributed by atoms with E-state index in [2.05, 4.69) is 0 Å². The molecular weight excluding hydrogens is 332 g/mol. The van der Waals surface area contributed by atoms with Crippen molar-refractivity contribution in [2.45, 2.75) is 38.5 Å². The quantitative estimate of drug-likeness (QED) is 0.834. The molecule has 0 aromatic heterocycles. The average molecular weight is 358 g/mol. The van der Waals surface area contributed by atoms with E-state index in [0.717, 1.165) is 0 Å². The summed E-state index contributed by atoms with van der Waals surface area (Å²) in [5.41, 5.74) is 0.608. The minimum Gasteiger partial charge on any atom is -0.454 e. The lowest BCUT2D eigenvalue weighted by Crippen LogP contribution is -2.50. The second-order valence-electron chi connectivity index (χ2n) is 7.45. The number of piperazine rings is 1. The van der Waals surface area contributed by atoms with Gasteiger partial charge in [0.15, 0.2) is 11.5 Å². The van der Waals surface area contributed by atoms with Crippen LogP contribution < -0.4 is 9.47 Å². The minimum atomic E-state index is -0.0114. The Morgan fingerprint density at radius 3 is 2.38 bits per heavy atom. The highest BCUT2D eigenvalue weighted by atomic mass is 16.7. The van der Waals surface area contributed by atoms with Crippen LogP contribution >= 0.6 is 0 Å². The van der Waals surface area contributed by atoms with Gasteiger partial charge in [0.05, 0.1) is 0 Å². The van der Waals surface area contributed by atoms with Crippen LogP contribution in [0.4, 0.5) is 0 Å². The molecular formula is C20H26N2O4. The van der Waals surface area contributed by atoms with Crippen molar-refractivity contribution in [3.63, 3.8) is 0 Å². The normalized spacial score (nSPS) is 20.3. The number of hydrogen-bond acceptors (Lipinski definition) is 4. The number of carbonyl (C=O) groups excluding carboxylic acids is 2. The largest absolute Gasteiger partial charge is 0.454 e. The molecule has 1 aliphatic carbocycles. The third kappa shape index (κ3) is 3.64. The summed E-state index contributed by atoms with van der Waals surface area (Å²) in [6.45, 7) is 2.63. The number of rotatable bonds is 3. The molecule has 140 valence electrons. The Morgan fingerprint density at radius 2 is 1.62 bits per heavy atom. The SMILES string of the molecule is O=C(CC1CCCCC1)N1CCN(C(=O)c2ccc3c(c2)OCO3)CC1. The van der Waals surface area contributed by atoms with Crippen LogP contribution in [0, 0.1) is 5.92 Å². The van der Waals surface area contributed by atoms with Gasteiger partial charge in [-0.25, -0.2) is 0 Å². The van der Waals surface area contributed by atoms with Gasteiger partial charge in [0.1, 0.15) is 0 Å². The summed E-state index contributed by atoms with van der Waals surface area (Å²) in [5.74, 6) is 2.11. The zero-order valence-electron chi connectivity index (χ0n) is 15.1. The van der Waals surface area contributed by atoms with E-state index in [1.54, 1.807) is 18.2 Å². The number of ether oxygens (including phenoxy) is 2. The molecule has 2 amide bonds. The van der Waals surface area contributed by atoms with Gasteiger partial charge in [-0.3, -0.25) is 9.59 Å². The molecule has 1 saturated carbocycles. The fourth-order valence-corrected chi connectivity index (χ4v) is 4.14. The van der Waals surface area contributed by atoms with Gasteiger partial charge >= 0.3 is 0 Å². The lowest BCUT2D eigenvalue weighted by atomic mass is 9.86. The summed E-state index contributed by atoms with van der Waals surface area (Å²) in [7, 11) is 0. The van der Waals surface area contributed by atoms with Crippen LogP contribution in [0.25, 0.3) is 0 Å². The van der Waals surface area contributed by atoms with Gasteiger partial charge < -0.3 is 19.3 Å². The highest BCUT2D eigenvalue weighted by Gasteiger charge is 2.27. The number of benzene rings is 1. The molecule has 26 heavy (non-hydrogen) atoms. The van der Waals surface area contributed by atoms with E-state index in [-0.39, 0.29) is 18.6 Å². The lowest BCUT2D eigenvalue weighted by molar-refractivity contribution is -0.133. The molecule has 0 bridgehead atoms. The maximum absolute atomic E-state index is 12.7.